The molecule has 2 heterocycles. The van der Waals surface area contributed by atoms with Gasteiger partial charge in [-0.25, -0.2) is 0 Å². The van der Waals surface area contributed by atoms with E-state index in [4.69, 9.17) is 11.6 Å². The highest BCUT2D eigenvalue weighted by molar-refractivity contribution is 9.13. The maximum atomic E-state index is 6.35. The molecule has 0 aliphatic rings. The molecule has 0 bridgehead atoms. The lowest BCUT2D eigenvalue weighted by molar-refractivity contribution is 0.896. The average molecular weight is 382 g/mol. The summed E-state index contributed by atoms with van der Waals surface area (Å²) >= 11 is 14.9. The topological polar surface area (TPSA) is 12.9 Å². The predicted molar refractivity (Wildman–Crippen MR) is 76.3 cm³/mol. The maximum absolute atomic E-state index is 6.35. The van der Waals surface area contributed by atoms with Crippen LogP contribution in [-0.4, -0.2) is 4.98 Å². The molecule has 16 heavy (non-hydrogen) atoms. The van der Waals surface area contributed by atoms with Gasteiger partial charge in [0.2, 0.25) is 0 Å². The van der Waals surface area contributed by atoms with Gasteiger partial charge in [0.05, 0.1) is 9.16 Å². The van der Waals surface area contributed by atoms with Crippen molar-refractivity contribution in [1.82, 2.24) is 4.98 Å². The summed E-state index contributed by atoms with van der Waals surface area (Å²) in [5, 5.41) is -0.0255. The molecule has 2 rings (SSSR count). The molecule has 1 nitrogen and oxygen atoms in total. The van der Waals surface area contributed by atoms with E-state index in [2.05, 4.69) is 42.9 Å². The molecule has 0 saturated heterocycles. The first-order chi connectivity index (χ1) is 7.66. The van der Waals surface area contributed by atoms with Crippen LogP contribution >= 0.6 is 54.8 Å². The Balaban J connectivity index is 2.11. The summed E-state index contributed by atoms with van der Waals surface area (Å²) in [4.78, 5) is 5.41. The van der Waals surface area contributed by atoms with Crippen LogP contribution in [0.25, 0.3) is 0 Å². The molecule has 0 radical (unpaired) electrons. The quantitative estimate of drug-likeness (QED) is 0.667. The van der Waals surface area contributed by atoms with Crippen LogP contribution < -0.4 is 0 Å². The molecule has 0 spiro atoms. The summed E-state index contributed by atoms with van der Waals surface area (Å²) < 4.78 is 2.13. The van der Waals surface area contributed by atoms with Crippen LogP contribution in [0.5, 0.6) is 0 Å². The van der Waals surface area contributed by atoms with Gasteiger partial charge < -0.3 is 0 Å². The highest BCUT2D eigenvalue weighted by Crippen LogP contribution is 2.38. The number of thiophene rings is 1. The Bertz CT molecular complexity index is 453. The molecule has 0 aliphatic carbocycles. The minimum atomic E-state index is -0.0255. The Kier molecular flexibility index (Phi) is 4.41. The van der Waals surface area contributed by atoms with Gasteiger partial charge in [-0.05, 0) is 50.1 Å². The minimum absolute atomic E-state index is 0.0255. The van der Waals surface area contributed by atoms with Crippen molar-refractivity contribution in [2.45, 2.75) is 11.8 Å². The van der Waals surface area contributed by atoms with Crippen LogP contribution in [0.15, 0.2) is 38.7 Å². The molecule has 5 heteroatoms. The van der Waals surface area contributed by atoms with Gasteiger partial charge in [0, 0.05) is 27.7 Å². The number of nitrogens with zero attached hydrogens (tertiary/aromatic N) is 1. The van der Waals surface area contributed by atoms with Gasteiger partial charge in [0.1, 0.15) is 0 Å². The zero-order valence-corrected chi connectivity index (χ0v) is 12.9. The van der Waals surface area contributed by atoms with Crippen molar-refractivity contribution in [3.8, 4) is 0 Å². The average Bonchev–Trinajstić information content (AvgIpc) is 2.61. The van der Waals surface area contributed by atoms with E-state index in [1.807, 2.05) is 18.2 Å². The number of pyridine rings is 1. The number of rotatable bonds is 3. The van der Waals surface area contributed by atoms with Crippen molar-refractivity contribution in [3.63, 3.8) is 0 Å². The normalized spacial score (nSPS) is 12.7. The lowest BCUT2D eigenvalue weighted by atomic mass is 10.2. The smallest absolute Gasteiger partial charge is 0.0843 e. The van der Waals surface area contributed by atoms with Crippen LogP contribution in [0.1, 0.15) is 15.9 Å². The van der Waals surface area contributed by atoms with E-state index < -0.39 is 0 Å². The fourth-order valence-electron chi connectivity index (χ4n) is 1.32. The molecular formula is C11H8Br2ClNS. The summed E-state index contributed by atoms with van der Waals surface area (Å²) in [6.45, 7) is 0. The Morgan fingerprint density at radius 2 is 2.19 bits per heavy atom. The molecule has 84 valence electrons. The van der Waals surface area contributed by atoms with Gasteiger partial charge in [-0.3, -0.25) is 4.98 Å². The second kappa shape index (κ2) is 5.63. The third-order valence-electron chi connectivity index (χ3n) is 2.09. The van der Waals surface area contributed by atoms with Crippen molar-refractivity contribution >= 4 is 54.8 Å². The molecule has 0 saturated carbocycles. The molecule has 0 N–H and O–H groups in total. The van der Waals surface area contributed by atoms with Crippen LogP contribution in [-0.2, 0) is 6.42 Å². The number of hydrogen-bond acceptors (Lipinski definition) is 2. The standard InChI is InChI=1S/C11H8Br2ClNS/c12-8-6-10(16-11(8)13)9(14)5-7-3-1-2-4-15-7/h1-4,6,9H,5H2. The Morgan fingerprint density at radius 1 is 1.38 bits per heavy atom. The van der Waals surface area contributed by atoms with Crippen molar-refractivity contribution in [2.24, 2.45) is 0 Å². The summed E-state index contributed by atoms with van der Waals surface area (Å²) in [5.41, 5.74) is 1.02. The second-order valence-corrected chi connectivity index (χ2v) is 7.05. The van der Waals surface area contributed by atoms with Gasteiger partial charge in [0.15, 0.2) is 0 Å². The third-order valence-corrected chi connectivity index (χ3v) is 5.98. The number of aromatic nitrogens is 1. The Morgan fingerprint density at radius 3 is 2.75 bits per heavy atom. The summed E-state index contributed by atoms with van der Waals surface area (Å²) in [6, 6.07) is 7.93. The zero-order valence-electron chi connectivity index (χ0n) is 8.16. The summed E-state index contributed by atoms with van der Waals surface area (Å²) in [7, 11) is 0. The van der Waals surface area contributed by atoms with E-state index in [-0.39, 0.29) is 5.38 Å². The van der Waals surface area contributed by atoms with Crippen LogP contribution in [0.3, 0.4) is 0 Å². The van der Waals surface area contributed by atoms with Crippen LogP contribution in [0.2, 0.25) is 0 Å². The number of halogens is 3. The van der Waals surface area contributed by atoms with E-state index in [0.29, 0.717) is 0 Å². The highest BCUT2D eigenvalue weighted by atomic mass is 79.9. The van der Waals surface area contributed by atoms with E-state index in [0.717, 1.165) is 25.3 Å². The molecule has 2 aromatic rings. The third kappa shape index (κ3) is 3.06. The molecule has 1 atom stereocenters. The van der Waals surface area contributed by atoms with Crippen molar-refractivity contribution in [2.75, 3.05) is 0 Å². The van der Waals surface area contributed by atoms with Gasteiger partial charge in [-0.2, -0.15) is 0 Å². The number of alkyl halides is 1. The van der Waals surface area contributed by atoms with Crippen molar-refractivity contribution < 1.29 is 0 Å². The van der Waals surface area contributed by atoms with Crippen LogP contribution in [0, 0.1) is 0 Å². The fraction of sp³-hybridized carbons (Fsp3) is 0.182. The lowest BCUT2D eigenvalue weighted by Gasteiger charge is -2.05. The molecule has 0 amide bonds. The molecule has 0 aliphatic heterocycles. The number of hydrogen-bond donors (Lipinski definition) is 0. The van der Waals surface area contributed by atoms with Gasteiger partial charge in [-0.15, -0.1) is 22.9 Å². The van der Waals surface area contributed by atoms with Crippen LogP contribution in [0.4, 0.5) is 0 Å². The monoisotopic (exact) mass is 379 g/mol. The summed E-state index contributed by atoms with van der Waals surface area (Å²) in [5.74, 6) is 0. The van der Waals surface area contributed by atoms with E-state index in [9.17, 15) is 0 Å². The molecule has 0 fully saturated rings. The first kappa shape index (κ1) is 12.6. The van der Waals surface area contributed by atoms with Crippen molar-refractivity contribution in [1.29, 1.82) is 0 Å². The molecule has 1 unspecified atom stereocenters. The Labute approximate surface area is 120 Å². The van der Waals surface area contributed by atoms with E-state index in [1.165, 1.54) is 0 Å². The minimum Gasteiger partial charge on any atom is -0.261 e. The first-order valence-corrected chi connectivity index (χ1v) is 7.49. The molecule has 0 aromatic carbocycles. The van der Waals surface area contributed by atoms with E-state index >= 15 is 0 Å². The lowest BCUT2D eigenvalue weighted by Crippen LogP contribution is -1.95. The van der Waals surface area contributed by atoms with Gasteiger partial charge in [-0.1, -0.05) is 6.07 Å². The first-order valence-electron chi connectivity index (χ1n) is 4.65. The highest BCUT2D eigenvalue weighted by Gasteiger charge is 2.14. The van der Waals surface area contributed by atoms with E-state index in [1.54, 1.807) is 17.5 Å². The Hall–Kier alpha value is 0.1000. The predicted octanol–water partition coefficient (Wildman–Crippen LogP) is 5.19. The SMILES string of the molecule is ClC(Cc1ccccn1)c1cc(Br)c(Br)s1. The molecule has 2 aromatic heterocycles. The second-order valence-electron chi connectivity index (χ2n) is 3.26. The maximum Gasteiger partial charge on any atom is 0.0843 e. The van der Waals surface area contributed by atoms with Gasteiger partial charge >= 0.3 is 0 Å². The summed E-state index contributed by atoms with van der Waals surface area (Å²) in [6.07, 6.45) is 2.54. The largest absolute Gasteiger partial charge is 0.261 e. The fourth-order valence-corrected chi connectivity index (χ4v) is 3.74. The zero-order chi connectivity index (χ0) is 11.5. The molecular weight excluding hydrogens is 373 g/mol. The van der Waals surface area contributed by atoms with Crippen molar-refractivity contribution in [3.05, 3.63) is 49.3 Å². The van der Waals surface area contributed by atoms with Gasteiger partial charge in [0.25, 0.3) is 0 Å².